The van der Waals surface area contributed by atoms with Crippen LogP contribution in [-0.4, -0.2) is 107 Å². The van der Waals surface area contributed by atoms with E-state index in [2.05, 4.69) is 49.4 Å². The molecule has 38 heavy (non-hydrogen) atoms. The van der Waals surface area contributed by atoms with Crippen molar-refractivity contribution in [2.45, 2.75) is 90.4 Å². The van der Waals surface area contributed by atoms with Gasteiger partial charge >= 0.3 is 6.09 Å². The van der Waals surface area contributed by atoms with E-state index in [1.807, 2.05) is 17.9 Å². The third kappa shape index (κ3) is 5.92. The first-order valence-electron chi connectivity index (χ1n) is 14.1. The van der Waals surface area contributed by atoms with Crippen LogP contribution in [0, 0.1) is 0 Å². The van der Waals surface area contributed by atoms with Crippen LogP contribution < -0.4 is 10.5 Å². The number of amides is 2. The number of carbonyl (C=O) groups excluding carboxylic acids is 1. The number of morpholine rings is 1. The lowest BCUT2D eigenvalue weighted by Crippen LogP contribution is -2.64. The molecule has 0 spiro atoms. The van der Waals surface area contributed by atoms with Crippen molar-refractivity contribution in [3.05, 3.63) is 27.7 Å². The number of fused-ring (bicyclic) bond motifs is 1. The van der Waals surface area contributed by atoms with Gasteiger partial charge in [0.15, 0.2) is 0 Å². The highest BCUT2D eigenvalue weighted by molar-refractivity contribution is 5.97. The second kappa shape index (κ2) is 11.4. The van der Waals surface area contributed by atoms with Crippen LogP contribution >= 0.6 is 0 Å². The predicted octanol–water partition coefficient (Wildman–Crippen LogP) is 2.50. The van der Waals surface area contributed by atoms with Gasteiger partial charge in [0.25, 0.3) is 5.56 Å². The summed E-state index contributed by atoms with van der Waals surface area (Å²) in [6.07, 6.45) is 1.80. The quantitative estimate of drug-likeness (QED) is 0.556. The summed E-state index contributed by atoms with van der Waals surface area (Å²) in [5.41, 5.74) is 1.91. The Kier molecular flexibility index (Phi) is 8.54. The summed E-state index contributed by atoms with van der Waals surface area (Å²) in [6, 6.07) is 1.82. The number of carboxylic acid groups (broad SMARTS) is 1. The van der Waals surface area contributed by atoms with Crippen LogP contribution in [0.5, 0.6) is 0 Å². The molecule has 0 saturated carbocycles. The van der Waals surface area contributed by atoms with Gasteiger partial charge in [-0.05, 0) is 39.7 Å². The summed E-state index contributed by atoms with van der Waals surface area (Å²) in [5.74, 6) is -0.0188. The molecule has 3 aliphatic rings. The SMILES string of the molecule is CCCCc1cc2c([nH]c1=O)C(C)(C)CN2C(=O)CN1C[C@@H](C)N(C(=O)O)C[C@@H]1CN1C[C@H](C)OC[C@H]1C. The van der Waals surface area contributed by atoms with Crippen LogP contribution in [0.4, 0.5) is 10.5 Å². The first-order chi connectivity index (χ1) is 17.9. The Morgan fingerprint density at radius 1 is 1.13 bits per heavy atom. The Balaban J connectivity index is 1.57. The van der Waals surface area contributed by atoms with Gasteiger partial charge in [-0.1, -0.05) is 27.2 Å². The smallest absolute Gasteiger partial charge is 0.407 e. The van der Waals surface area contributed by atoms with E-state index in [-0.39, 0.29) is 47.7 Å². The van der Waals surface area contributed by atoms with Crippen LogP contribution in [-0.2, 0) is 21.4 Å². The summed E-state index contributed by atoms with van der Waals surface area (Å²) >= 11 is 0. The van der Waals surface area contributed by atoms with Gasteiger partial charge in [-0.15, -0.1) is 0 Å². The summed E-state index contributed by atoms with van der Waals surface area (Å²) in [4.78, 5) is 49.5. The number of hydrogen-bond acceptors (Lipinski definition) is 6. The van der Waals surface area contributed by atoms with E-state index >= 15 is 0 Å². The number of carbonyl (C=O) groups is 2. The normalized spacial score (nSPS) is 27.9. The minimum Gasteiger partial charge on any atom is -0.465 e. The van der Waals surface area contributed by atoms with Crippen LogP contribution in [0.2, 0.25) is 0 Å². The molecule has 0 radical (unpaired) electrons. The van der Waals surface area contributed by atoms with Gasteiger partial charge in [0.1, 0.15) is 0 Å². The number of aryl methyl sites for hydroxylation is 1. The molecular formula is C28H45N5O5. The van der Waals surface area contributed by atoms with Gasteiger partial charge in [-0.2, -0.15) is 0 Å². The van der Waals surface area contributed by atoms with Crippen molar-refractivity contribution < 1.29 is 19.4 Å². The van der Waals surface area contributed by atoms with E-state index in [1.54, 1.807) is 0 Å². The van der Waals surface area contributed by atoms with Crippen molar-refractivity contribution in [3.63, 3.8) is 0 Å². The molecule has 3 aliphatic heterocycles. The van der Waals surface area contributed by atoms with E-state index in [9.17, 15) is 19.5 Å². The molecule has 2 saturated heterocycles. The van der Waals surface area contributed by atoms with Gasteiger partial charge < -0.3 is 24.6 Å². The number of hydrogen-bond donors (Lipinski definition) is 2. The highest BCUT2D eigenvalue weighted by Crippen LogP contribution is 2.39. The highest BCUT2D eigenvalue weighted by atomic mass is 16.5. The lowest BCUT2D eigenvalue weighted by atomic mass is 9.91. The predicted molar refractivity (Wildman–Crippen MR) is 147 cm³/mol. The van der Waals surface area contributed by atoms with Gasteiger partial charge in [-0.25, -0.2) is 4.79 Å². The summed E-state index contributed by atoms with van der Waals surface area (Å²) in [5, 5.41) is 9.81. The fourth-order valence-corrected chi connectivity index (χ4v) is 6.12. The third-order valence-electron chi connectivity index (χ3n) is 8.44. The largest absolute Gasteiger partial charge is 0.465 e. The molecule has 212 valence electrons. The number of nitrogens with one attached hydrogen (secondary N) is 1. The summed E-state index contributed by atoms with van der Waals surface area (Å²) < 4.78 is 5.79. The number of piperazine rings is 1. The molecule has 10 nitrogen and oxygen atoms in total. The van der Waals surface area contributed by atoms with Crippen LogP contribution in [0.3, 0.4) is 0 Å². The minimum atomic E-state index is -0.921. The zero-order valence-electron chi connectivity index (χ0n) is 23.8. The zero-order valence-corrected chi connectivity index (χ0v) is 23.8. The van der Waals surface area contributed by atoms with Crippen LogP contribution in [0.25, 0.3) is 0 Å². The molecule has 2 amide bonds. The van der Waals surface area contributed by atoms with Crippen molar-refractivity contribution in [1.29, 1.82) is 0 Å². The van der Waals surface area contributed by atoms with Gasteiger partial charge in [0.05, 0.1) is 24.9 Å². The Hall–Kier alpha value is -2.43. The Morgan fingerprint density at radius 2 is 1.87 bits per heavy atom. The Bertz CT molecular complexity index is 1090. The zero-order chi connectivity index (χ0) is 27.8. The average Bonchev–Trinajstić information content (AvgIpc) is 3.11. The number of unbranched alkanes of at least 4 members (excludes halogenated alkanes) is 1. The first-order valence-corrected chi connectivity index (χ1v) is 14.1. The average molecular weight is 532 g/mol. The molecule has 10 heteroatoms. The molecule has 0 unspecified atom stereocenters. The molecule has 4 heterocycles. The third-order valence-corrected chi connectivity index (χ3v) is 8.44. The van der Waals surface area contributed by atoms with Gasteiger partial charge in [-0.3, -0.25) is 19.4 Å². The van der Waals surface area contributed by atoms with E-state index in [4.69, 9.17) is 4.74 Å². The second-order valence-corrected chi connectivity index (χ2v) is 12.2. The van der Waals surface area contributed by atoms with Crippen molar-refractivity contribution in [2.24, 2.45) is 0 Å². The van der Waals surface area contributed by atoms with Gasteiger partial charge in [0.2, 0.25) is 5.91 Å². The topological polar surface area (TPSA) is 109 Å². The van der Waals surface area contributed by atoms with Crippen molar-refractivity contribution in [3.8, 4) is 0 Å². The Morgan fingerprint density at radius 3 is 2.55 bits per heavy atom. The molecule has 0 aliphatic carbocycles. The lowest BCUT2D eigenvalue weighted by molar-refractivity contribution is -0.122. The maximum absolute atomic E-state index is 13.9. The van der Waals surface area contributed by atoms with Crippen LogP contribution in [0.15, 0.2) is 10.9 Å². The number of anilines is 1. The first kappa shape index (κ1) is 28.6. The molecule has 4 rings (SSSR count). The number of ether oxygens (including phenoxy) is 1. The number of aromatic nitrogens is 1. The van der Waals surface area contributed by atoms with E-state index < -0.39 is 6.09 Å². The second-order valence-electron chi connectivity index (χ2n) is 12.2. The maximum atomic E-state index is 13.9. The standard InChI is InChI=1S/C28H45N5O5/c1-7-8-9-21-10-23-25(29-26(21)35)28(5,6)17-33(23)24(34)15-31-11-18(2)32(27(36)37)14-22(31)13-30-12-20(4)38-16-19(30)3/h10,18-20,22H,7-9,11-17H2,1-6H3,(H,29,35)(H,36,37)/t18-,19-,20+,22+/m1/s1. The number of aromatic amines is 1. The van der Waals surface area contributed by atoms with E-state index in [0.717, 1.165) is 36.3 Å². The molecule has 0 bridgehead atoms. The minimum absolute atomic E-state index is 0.0188. The monoisotopic (exact) mass is 531 g/mol. The maximum Gasteiger partial charge on any atom is 0.407 e. The summed E-state index contributed by atoms with van der Waals surface area (Å²) in [6.45, 7) is 15.9. The molecule has 1 aromatic heterocycles. The number of pyridine rings is 1. The van der Waals surface area contributed by atoms with Crippen molar-refractivity contribution >= 4 is 17.7 Å². The van der Waals surface area contributed by atoms with Crippen molar-refractivity contribution in [1.82, 2.24) is 19.7 Å². The molecule has 2 N–H and O–H groups in total. The number of H-pyrrole nitrogens is 1. The molecule has 0 aromatic carbocycles. The molecule has 1 aromatic rings. The Labute approximate surface area is 225 Å². The fraction of sp³-hybridized carbons (Fsp3) is 0.750. The highest BCUT2D eigenvalue weighted by Gasteiger charge is 2.42. The molecular weight excluding hydrogens is 486 g/mol. The summed E-state index contributed by atoms with van der Waals surface area (Å²) in [7, 11) is 0. The van der Waals surface area contributed by atoms with Crippen molar-refractivity contribution in [2.75, 3.05) is 50.8 Å². The molecule has 2 fully saturated rings. The van der Waals surface area contributed by atoms with E-state index in [0.29, 0.717) is 39.2 Å². The lowest BCUT2D eigenvalue weighted by Gasteiger charge is -2.47. The van der Waals surface area contributed by atoms with Crippen LogP contribution in [0.1, 0.15) is 65.6 Å². The van der Waals surface area contributed by atoms with E-state index in [1.165, 1.54) is 4.90 Å². The molecule has 4 atom stereocenters. The van der Waals surface area contributed by atoms with Gasteiger partial charge in [0, 0.05) is 67.5 Å². The number of nitrogens with zero attached hydrogens (tertiary/aromatic N) is 4. The number of rotatable bonds is 7. The fourth-order valence-electron chi connectivity index (χ4n) is 6.12.